The third kappa shape index (κ3) is 3.94. The molecule has 162 valence electrons. The minimum Gasteiger partial charge on any atom is -0.494 e. The summed E-state index contributed by atoms with van der Waals surface area (Å²) < 4.78 is 17.6. The second-order valence-electron chi connectivity index (χ2n) is 7.93. The molecular weight excluding hydrogens is 402 g/mol. The van der Waals surface area contributed by atoms with Crippen LogP contribution in [0.2, 0.25) is 0 Å². The van der Waals surface area contributed by atoms with Crippen LogP contribution in [0, 0.1) is 0 Å². The summed E-state index contributed by atoms with van der Waals surface area (Å²) in [7, 11) is 0. The number of nitrogens with zero attached hydrogens (tertiary/aromatic N) is 1. The number of hydrogen-bond acceptors (Lipinski definition) is 5. The molecule has 3 aromatic carbocycles. The summed E-state index contributed by atoms with van der Waals surface area (Å²) in [5.41, 5.74) is 3.94. The van der Waals surface area contributed by atoms with Gasteiger partial charge in [0.05, 0.1) is 18.7 Å². The third-order valence-corrected chi connectivity index (χ3v) is 5.73. The van der Waals surface area contributed by atoms with Crippen molar-refractivity contribution in [3.05, 3.63) is 88.8 Å². The molecule has 0 aliphatic carbocycles. The predicted molar refractivity (Wildman–Crippen MR) is 126 cm³/mol. The van der Waals surface area contributed by atoms with Crippen LogP contribution in [0.25, 0.3) is 22.1 Å². The van der Waals surface area contributed by atoms with Crippen molar-refractivity contribution in [2.45, 2.75) is 26.3 Å². The van der Waals surface area contributed by atoms with E-state index in [2.05, 4.69) is 11.8 Å². The lowest BCUT2D eigenvalue weighted by molar-refractivity contribution is 0.288. The standard InChI is InChI=1S/C27H25NO4/c1-2-3-14-30-21-11-7-10-20(15-21)28-17-24-25(31-18-28)13-12-22-23(16-26(29)32-27(22)24)19-8-5-4-6-9-19/h4-13,15-16H,2-3,14,17-18H2,1H3. The summed E-state index contributed by atoms with van der Waals surface area (Å²) in [6, 6.07) is 23.4. The SMILES string of the molecule is CCCCOc1cccc(N2COc3ccc4c(-c5ccccc5)cc(=O)oc4c3C2)c1. The lowest BCUT2D eigenvalue weighted by atomic mass is 9.99. The van der Waals surface area contributed by atoms with Gasteiger partial charge in [-0.3, -0.25) is 0 Å². The fraction of sp³-hybridized carbons (Fsp3) is 0.222. The fourth-order valence-corrected chi connectivity index (χ4v) is 4.06. The van der Waals surface area contributed by atoms with Crippen molar-refractivity contribution in [1.29, 1.82) is 0 Å². The predicted octanol–water partition coefficient (Wildman–Crippen LogP) is 6.00. The maximum Gasteiger partial charge on any atom is 0.336 e. The first-order valence-corrected chi connectivity index (χ1v) is 11.0. The fourth-order valence-electron chi connectivity index (χ4n) is 4.06. The van der Waals surface area contributed by atoms with Crippen molar-refractivity contribution in [3.8, 4) is 22.6 Å². The van der Waals surface area contributed by atoms with Crippen molar-refractivity contribution in [1.82, 2.24) is 0 Å². The number of ether oxygens (including phenoxy) is 2. The molecule has 0 bridgehead atoms. The number of benzene rings is 3. The average molecular weight is 428 g/mol. The van der Waals surface area contributed by atoms with E-state index >= 15 is 0 Å². The molecule has 1 aliphatic rings. The van der Waals surface area contributed by atoms with Crippen LogP contribution in [0.3, 0.4) is 0 Å². The molecule has 5 nitrogen and oxygen atoms in total. The molecule has 1 aromatic heterocycles. The molecule has 0 unspecified atom stereocenters. The molecule has 4 aromatic rings. The summed E-state index contributed by atoms with van der Waals surface area (Å²) in [4.78, 5) is 14.6. The molecule has 0 atom stereocenters. The van der Waals surface area contributed by atoms with Crippen LogP contribution in [0.5, 0.6) is 11.5 Å². The maximum atomic E-state index is 12.4. The molecule has 0 saturated carbocycles. The zero-order chi connectivity index (χ0) is 21.9. The Bertz CT molecular complexity index is 1300. The Balaban J connectivity index is 1.52. The minimum absolute atomic E-state index is 0.367. The van der Waals surface area contributed by atoms with Crippen molar-refractivity contribution in [3.63, 3.8) is 0 Å². The number of anilines is 1. The molecule has 0 radical (unpaired) electrons. The Labute approximate surface area is 186 Å². The highest BCUT2D eigenvalue weighted by molar-refractivity contribution is 5.96. The van der Waals surface area contributed by atoms with Gasteiger partial charge in [-0.15, -0.1) is 0 Å². The van der Waals surface area contributed by atoms with E-state index in [-0.39, 0.29) is 5.63 Å². The van der Waals surface area contributed by atoms with E-state index in [0.717, 1.165) is 52.1 Å². The van der Waals surface area contributed by atoms with Gasteiger partial charge in [-0.05, 0) is 41.8 Å². The third-order valence-electron chi connectivity index (χ3n) is 5.73. The highest BCUT2D eigenvalue weighted by Gasteiger charge is 2.23. The van der Waals surface area contributed by atoms with Crippen molar-refractivity contribution >= 4 is 16.7 Å². The van der Waals surface area contributed by atoms with Gasteiger partial charge in [0.2, 0.25) is 0 Å². The summed E-state index contributed by atoms with van der Waals surface area (Å²) >= 11 is 0. The topological polar surface area (TPSA) is 51.9 Å². The number of rotatable bonds is 6. The van der Waals surface area contributed by atoms with Crippen molar-refractivity contribution < 1.29 is 13.9 Å². The van der Waals surface area contributed by atoms with Crippen LogP contribution in [0.4, 0.5) is 5.69 Å². The maximum absolute atomic E-state index is 12.4. The van der Waals surface area contributed by atoms with E-state index in [9.17, 15) is 4.79 Å². The van der Waals surface area contributed by atoms with Crippen LogP contribution < -0.4 is 20.0 Å². The Hall–Kier alpha value is -3.73. The van der Waals surface area contributed by atoms with E-state index in [1.807, 2.05) is 66.7 Å². The quantitative estimate of drug-likeness (QED) is 0.279. The van der Waals surface area contributed by atoms with E-state index in [1.54, 1.807) is 6.07 Å². The van der Waals surface area contributed by atoms with Gasteiger partial charge >= 0.3 is 5.63 Å². The van der Waals surface area contributed by atoms with Crippen molar-refractivity contribution in [2.75, 3.05) is 18.2 Å². The van der Waals surface area contributed by atoms with Gasteiger partial charge in [-0.1, -0.05) is 49.7 Å². The first-order valence-electron chi connectivity index (χ1n) is 11.0. The average Bonchev–Trinajstić information content (AvgIpc) is 2.84. The zero-order valence-electron chi connectivity index (χ0n) is 18.0. The van der Waals surface area contributed by atoms with E-state index in [4.69, 9.17) is 13.9 Å². The summed E-state index contributed by atoms with van der Waals surface area (Å²) in [5, 5.41) is 0.900. The molecule has 0 amide bonds. The highest BCUT2D eigenvalue weighted by Crippen LogP contribution is 2.37. The Morgan fingerprint density at radius 1 is 1.00 bits per heavy atom. The van der Waals surface area contributed by atoms with E-state index < -0.39 is 0 Å². The second kappa shape index (κ2) is 8.79. The highest BCUT2D eigenvalue weighted by atomic mass is 16.5. The molecule has 0 spiro atoms. The first kappa shape index (κ1) is 20.2. The van der Waals surface area contributed by atoms with Gasteiger partial charge in [-0.25, -0.2) is 4.79 Å². The Kier molecular flexibility index (Phi) is 5.55. The second-order valence-corrected chi connectivity index (χ2v) is 7.93. The summed E-state index contributed by atoms with van der Waals surface area (Å²) in [6.45, 7) is 3.84. The van der Waals surface area contributed by atoms with Crippen LogP contribution in [0.15, 0.2) is 82.0 Å². The number of hydrogen-bond donors (Lipinski definition) is 0. The van der Waals surface area contributed by atoms with E-state index in [1.165, 1.54) is 0 Å². The number of fused-ring (bicyclic) bond motifs is 3. The monoisotopic (exact) mass is 427 g/mol. The first-order chi connectivity index (χ1) is 15.7. The van der Waals surface area contributed by atoms with Crippen molar-refractivity contribution in [2.24, 2.45) is 0 Å². The molecule has 5 rings (SSSR count). The van der Waals surface area contributed by atoms with Gasteiger partial charge < -0.3 is 18.8 Å². The molecule has 0 fully saturated rings. The van der Waals surface area contributed by atoms with Crippen LogP contribution in [-0.4, -0.2) is 13.3 Å². The molecule has 0 saturated heterocycles. The normalized spacial score (nSPS) is 13.0. The van der Waals surface area contributed by atoms with Crippen LogP contribution in [0.1, 0.15) is 25.3 Å². The largest absolute Gasteiger partial charge is 0.494 e. The Morgan fingerprint density at radius 2 is 1.88 bits per heavy atom. The molecular formula is C27H25NO4. The zero-order valence-corrected chi connectivity index (χ0v) is 18.0. The smallest absolute Gasteiger partial charge is 0.336 e. The molecule has 5 heteroatoms. The molecule has 0 N–H and O–H groups in total. The molecule has 2 heterocycles. The summed E-state index contributed by atoms with van der Waals surface area (Å²) in [6.07, 6.45) is 2.12. The number of unbranched alkanes of at least 4 members (excludes halogenated alkanes) is 1. The Morgan fingerprint density at radius 3 is 2.72 bits per heavy atom. The lowest BCUT2D eigenvalue weighted by Crippen LogP contribution is -2.32. The van der Waals surface area contributed by atoms with Crippen LogP contribution in [-0.2, 0) is 6.54 Å². The van der Waals surface area contributed by atoms with Gasteiger partial charge in [-0.2, -0.15) is 0 Å². The lowest BCUT2D eigenvalue weighted by Gasteiger charge is -2.31. The van der Waals surface area contributed by atoms with Crippen LogP contribution >= 0.6 is 0 Å². The van der Waals surface area contributed by atoms with E-state index in [0.29, 0.717) is 25.5 Å². The molecule has 32 heavy (non-hydrogen) atoms. The van der Waals surface area contributed by atoms with Gasteiger partial charge in [0, 0.05) is 23.2 Å². The summed E-state index contributed by atoms with van der Waals surface area (Å²) in [5.74, 6) is 1.59. The molecule has 1 aliphatic heterocycles. The van der Waals surface area contributed by atoms with Gasteiger partial charge in [0.15, 0.2) is 6.73 Å². The minimum atomic E-state index is -0.367. The van der Waals surface area contributed by atoms with Gasteiger partial charge in [0.25, 0.3) is 0 Å². The van der Waals surface area contributed by atoms with Gasteiger partial charge in [0.1, 0.15) is 17.1 Å².